The molecule has 1 aromatic rings. The number of piperazine rings is 1. The van der Waals surface area contributed by atoms with Gasteiger partial charge in [0.05, 0.1) is 4.90 Å². The molecular formula is C29H46ClN5O4S. The number of carbonyl (C=O) groups excluding carboxylic acids is 2. The molecule has 0 bridgehead atoms. The van der Waals surface area contributed by atoms with E-state index in [-0.39, 0.29) is 23.4 Å². The molecule has 224 valence electrons. The summed E-state index contributed by atoms with van der Waals surface area (Å²) in [6.45, 7) is 11.5. The Balaban J connectivity index is 1.39. The molecule has 11 heteroatoms. The van der Waals surface area contributed by atoms with Crippen LogP contribution >= 0.6 is 11.6 Å². The lowest BCUT2D eigenvalue weighted by molar-refractivity contribution is -0.135. The summed E-state index contributed by atoms with van der Waals surface area (Å²) in [6.07, 6.45) is 5.05. The molecule has 0 saturated carbocycles. The van der Waals surface area contributed by atoms with Crippen LogP contribution < -0.4 is 5.32 Å². The smallest absolute Gasteiger partial charge is 0.243 e. The van der Waals surface area contributed by atoms with Gasteiger partial charge in [-0.3, -0.25) is 14.5 Å². The normalized spacial score (nSPS) is 23.2. The van der Waals surface area contributed by atoms with Gasteiger partial charge in [-0.25, -0.2) is 8.42 Å². The molecule has 1 aromatic carbocycles. The standard InChI is InChI=1S/C29H46ClN5O4S/c1-22-20-27(23(2)19-26(22)30)40(38,39)35-12-6-5-7-25(35)8-9-28(37)33-13-10-29(11-14-33,21-31-24(3)36)34-17-15-32(4)16-18-34/h19-20,25H,5-18,21H2,1-4H3,(H,31,36). The molecular weight excluding hydrogens is 550 g/mol. The van der Waals surface area contributed by atoms with Gasteiger partial charge < -0.3 is 15.1 Å². The van der Waals surface area contributed by atoms with Crippen molar-refractivity contribution in [3.05, 3.63) is 28.3 Å². The van der Waals surface area contributed by atoms with Crippen molar-refractivity contribution in [3.8, 4) is 0 Å². The second-order valence-corrected chi connectivity index (χ2v) is 14.2. The van der Waals surface area contributed by atoms with Gasteiger partial charge in [0, 0.05) is 82.3 Å². The summed E-state index contributed by atoms with van der Waals surface area (Å²) in [5, 5.41) is 3.61. The molecule has 1 N–H and O–H groups in total. The quantitative estimate of drug-likeness (QED) is 0.497. The number of carbonyl (C=O) groups is 2. The van der Waals surface area contributed by atoms with Crippen LogP contribution in [0.1, 0.15) is 63.0 Å². The van der Waals surface area contributed by atoms with E-state index >= 15 is 0 Å². The summed E-state index contributed by atoms with van der Waals surface area (Å²) in [4.78, 5) is 32.2. The summed E-state index contributed by atoms with van der Waals surface area (Å²) in [5.74, 6) is 0.0656. The number of halogens is 1. The second kappa shape index (κ2) is 13.1. The van der Waals surface area contributed by atoms with Crippen LogP contribution in [0.15, 0.2) is 17.0 Å². The number of likely N-dealkylation sites (N-methyl/N-ethyl adjacent to an activating group) is 1. The topological polar surface area (TPSA) is 93.3 Å². The lowest BCUT2D eigenvalue weighted by Gasteiger charge is -2.51. The lowest BCUT2D eigenvalue weighted by atomic mass is 9.84. The third-order valence-corrected chi connectivity index (χ3v) is 11.7. The van der Waals surface area contributed by atoms with Gasteiger partial charge in [-0.2, -0.15) is 4.31 Å². The number of benzene rings is 1. The second-order valence-electron chi connectivity index (χ2n) is 12.0. The SMILES string of the molecule is CC(=O)NCC1(N2CCN(C)CC2)CCN(C(=O)CCC2CCCCN2S(=O)(=O)c2cc(C)c(Cl)cc2C)CC1. The lowest BCUT2D eigenvalue weighted by Crippen LogP contribution is -2.64. The van der Waals surface area contributed by atoms with Crippen molar-refractivity contribution in [1.29, 1.82) is 0 Å². The first-order valence-corrected chi connectivity index (χ1v) is 16.5. The van der Waals surface area contributed by atoms with Crippen LogP contribution in [-0.4, -0.2) is 110 Å². The van der Waals surface area contributed by atoms with E-state index in [1.54, 1.807) is 30.3 Å². The van der Waals surface area contributed by atoms with E-state index in [1.807, 2.05) is 11.8 Å². The molecule has 40 heavy (non-hydrogen) atoms. The molecule has 0 aromatic heterocycles. The fourth-order valence-electron chi connectivity index (χ4n) is 6.53. The minimum Gasteiger partial charge on any atom is -0.354 e. The minimum absolute atomic E-state index is 0.0250. The average Bonchev–Trinajstić information content (AvgIpc) is 2.93. The maximum atomic E-state index is 13.7. The van der Waals surface area contributed by atoms with E-state index in [1.165, 1.54) is 0 Å². The number of aryl methyl sites for hydroxylation is 2. The van der Waals surface area contributed by atoms with E-state index in [0.29, 0.717) is 54.5 Å². The first-order valence-electron chi connectivity index (χ1n) is 14.7. The predicted octanol–water partition coefficient (Wildman–Crippen LogP) is 3.02. The zero-order chi connectivity index (χ0) is 29.1. The number of hydrogen-bond acceptors (Lipinski definition) is 6. The van der Waals surface area contributed by atoms with Crippen LogP contribution in [0.2, 0.25) is 5.02 Å². The first-order chi connectivity index (χ1) is 18.9. The van der Waals surface area contributed by atoms with Gasteiger partial charge >= 0.3 is 0 Å². The Hall–Kier alpha value is -1.72. The summed E-state index contributed by atoms with van der Waals surface area (Å²) < 4.78 is 29.1. The van der Waals surface area contributed by atoms with Gasteiger partial charge in [0.1, 0.15) is 0 Å². The van der Waals surface area contributed by atoms with Gasteiger partial charge in [0.15, 0.2) is 0 Å². The highest BCUT2D eigenvalue weighted by Crippen LogP contribution is 2.33. The van der Waals surface area contributed by atoms with Gasteiger partial charge in [-0.05, 0) is 76.3 Å². The van der Waals surface area contributed by atoms with Crippen molar-refractivity contribution in [2.24, 2.45) is 0 Å². The van der Waals surface area contributed by atoms with Crippen LogP contribution in [0, 0.1) is 13.8 Å². The molecule has 3 saturated heterocycles. The molecule has 4 rings (SSSR count). The van der Waals surface area contributed by atoms with Crippen molar-refractivity contribution in [1.82, 2.24) is 24.3 Å². The Morgan fingerprint density at radius 2 is 1.68 bits per heavy atom. The molecule has 3 fully saturated rings. The van der Waals surface area contributed by atoms with Gasteiger partial charge in [-0.15, -0.1) is 0 Å². The average molecular weight is 596 g/mol. The predicted molar refractivity (Wildman–Crippen MR) is 158 cm³/mol. The Bertz CT molecular complexity index is 1180. The molecule has 0 spiro atoms. The molecule has 2 amide bonds. The fraction of sp³-hybridized carbons (Fsp3) is 0.724. The van der Waals surface area contributed by atoms with Crippen LogP contribution in [0.25, 0.3) is 0 Å². The third-order valence-electron chi connectivity index (χ3n) is 9.19. The number of nitrogens with one attached hydrogen (secondary N) is 1. The van der Waals surface area contributed by atoms with Crippen molar-refractivity contribution < 1.29 is 18.0 Å². The van der Waals surface area contributed by atoms with E-state index in [9.17, 15) is 18.0 Å². The van der Waals surface area contributed by atoms with E-state index in [2.05, 4.69) is 22.2 Å². The third kappa shape index (κ3) is 7.01. The minimum atomic E-state index is -3.69. The van der Waals surface area contributed by atoms with Crippen molar-refractivity contribution >= 4 is 33.4 Å². The number of rotatable bonds is 8. The van der Waals surface area contributed by atoms with Gasteiger partial charge in [0.25, 0.3) is 0 Å². The maximum absolute atomic E-state index is 13.7. The number of nitrogens with zero attached hydrogens (tertiary/aromatic N) is 4. The van der Waals surface area contributed by atoms with E-state index in [4.69, 9.17) is 11.6 Å². The fourth-order valence-corrected chi connectivity index (χ4v) is 8.77. The van der Waals surface area contributed by atoms with Gasteiger partial charge in [-0.1, -0.05) is 18.0 Å². The van der Waals surface area contributed by atoms with E-state index in [0.717, 1.165) is 63.8 Å². The Morgan fingerprint density at radius 1 is 1.00 bits per heavy atom. The number of piperidine rings is 2. The van der Waals surface area contributed by atoms with Crippen LogP contribution in [0.4, 0.5) is 0 Å². The summed E-state index contributed by atoms with van der Waals surface area (Å²) >= 11 is 6.23. The number of hydrogen-bond donors (Lipinski definition) is 1. The van der Waals surface area contributed by atoms with Crippen LogP contribution in [0.3, 0.4) is 0 Å². The Kier molecular flexibility index (Phi) is 10.2. The molecule has 3 aliphatic rings. The highest BCUT2D eigenvalue weighted by atomic mass is 35.5. The summed E-state index contributed by atoms with van der Waals surface area (Å²) in [6, 6.07) is 3.20. The number of sulfonamides is 1. The van der Waals surface area contributed by atoms with Crippen molar-refractivity contribution in [2.75, 3.05) is 59.4 Å². The Labute approximate surface area is 245 Å². The molecule has 0 radical (unpaired) electrons. The summed E-state index contributed by atoms with van der Waals surface area (Å²) in [5.41, 5.74) is 1.25. The summed E-state index contributed by atoms with van der Waals surface area (Å²) in [7, 11) is -1.56. The monoisotopic (exact) mass is 595 g/mol. The zero-order valence-corrected chi connectivity index (χ0v) is 26.1. The largest absolute Gasteiger partial charge is 0.354 e. The van der Waals surface area contributed by atoms with Crippen molar-refractivity contribution in [3.63, 3.8) is 0 Å². The highest BCUT2D eigenvalue weighted by molar-refractivity contribution is 7.89. The number of likely N-dealkylation sites (tertiary alicyclic amines) is 1. The molecule has 3 heterocycles. The van der Waals surface area contributed by atoms with Crippen LogP contribution in [0.5, 0.6) is 0 Å². The molecule has 1 unspecified atom stereocenters. The highest BCUT2D eigenvalue weighted by Gasteiger charge is 2.42. The molecule has 1 atom stereocenters. The zero-order valence-electron chi connectivity index (χ0n) is 24.5. The number of amides is 2. The molecule has 0 aliphatic carbocycles. The molecule has 9 nitrogen and oxygen atoms in total. The van der Waals surface area contributed by atoms with Crippen molar-refractivity contribution in [2.45, 2.75) is 82.2 Å². The van der Waals surface area contributed by atoms with Crippen LogP contribution in [-0.2, 0) is 19.6 Å². The van der Waals surface area contributed by atoms with E-state index < -0.39 is 10.0 Å². The Morgan fingerprint density at radius 3 is 2.33 bits per heavy atom. The first kappa shape index (κ1) is 31.2. The molecule has 3 aliphatic heterocycles. The maximum Gasteiger partial charge on any atom is 0.243 e. The van der Waals surface area contributed by atoms with Gasteiger partial charge in [0.2, 0.25) is 21.8 Å².